The number of ether oxygens (including phenoxy) is 1. The lowest BCUT2D eigenvalue weighted by Crippen LogP contribution is -2.48. The van der Waals surface area contributed by atoms with Crippen molar-refractivity contribution in [3.05, 3.63) is 65.7 Å². The number of methoxy groups -OCH3 is 1. The van der Waals surface area contributed by atoms with Gasteiger partial charge in [0.2, 0.25) is 0 Å². The second-order valence-electron chi connectivity index (χ2n) is 8.57. The summed E-state index contributed by atoms with van der Waals surface area (Å²) in [6.45, 7) is 3.29. The van der Waals surface area contributed by atoms with Gasteiger partial charge in [0.1, 0.15) is 17.6 Å². The van der Waals surface area contributed by atoms with Crippen LogP contribution in [-0.4, -0.2) is 58.4 Å². The molecule has 0 amide bonds. The van der Waals surface area contributed by atoms with Crippen LogP contribution in [-0.2, 0) is 0 Å². The van der Waals surface area contributed by atoms with E-state index in [1.54, 1.807) is 13.2 Å². The zero-order chi connectivity index (χ0) is 21.9. The van der Waals surface area contributed by atoms with E-state index >= 15 is 0 Å². The van der Waals surface area contributed by atoms with Gasteiger partial charge < -0.3 is 9.64 Å². The van der Waals surface area contributed by atoms with Crippen LogP contribution >= 0.6 is 0 Å². The first kappa shape index (κ1) is 20.9. The van der Waals surface area contributed by atoms with Gasteiger partial charge in [0, 0.05) is 37.4 Å². The fourth-order valence-electron chi connectivity index (χ4n) is 5.02. The Morgan fingerprint density at radius 3 is 2.38 bits per heavy atom. The van der Waals surface area contributed by atoms with Crippen molar-refractivity contribution in [2.75, 3.05) is 38.2 Å². The second-order valence-corrected chi connectivity index (χ2v) is 8.57. The Labute approximate surface area is 187 Å². The summed E-state index contributed by atoms with van der Waals surface area (Å²) in [5.74, 6) is 1.39. The molecule has 0 spiro atoms. The van der Waals surface area contributed by atoms with Gasteiger partial charge in [-0.25, -0.2) is 9.07 Å². The normalized spacial score (nSPS) is 18.8. The zero-order valence-corrected chi connectivity index (χ0v) is 18.4. The van der Waals surface area contributed by atoms with Gasteiger partial charge in [-0.05, 0) is 53.6 Å². The standard InChI is InChI=1S/C24H29FN6O/c1-32-20-12-10-18(11-13-20)29-14-16-30(17-15-29)23(21-8-4-5-9-22(21)25)24-26-27-28-31(24)19-6-2-3-7-19/h4-5,8-13,19,23H,2-3,6-7,14-17H2,1H3. The largest absolute Gasteiger partial charge is 0.497 e. The van der Waals surface area contributed by atoms with Crippen LogP contribution in [0.3, 0.4) is 0 Å². The number of hydrogen-bond acceptors (Lipinski definition) is 6. The summed E-state index contributed by atoms with van der Waals surface area (Å²) in [5.41, 5.74) is 1.81. The number of piperazine rings is 1. The fraction of sp³-hybridized carbons (Fsp3) is 0.458. The van der Waals surface area contributed by atoms with Crippen LogP contribution in [0.2, 0.25) is 0 Å². The lowest BCUT2D eigenvalue weighted by molar-refractivity contribution is 0.194. The molecule has 5 rings (SSSR count). The highest BCUT2D eigenvalue weighted by molar-refractivity contribution is 5.49. The van der Waals surface area contributed by atoms with E-state index in [2.05, 4.69) is 37.5 Å². The number of halogens is 1. The van der Waals surface area contributed by atoms with Gasteiger partial charge in [-0.1, -0.05) is 31.0 Å². The van der Waals surface area contributed by atoms with E-state index in [0.29, 0.717) is 11.6 Å². The third-order valence-corrected chi connectivity index (χ3v) is 6.75. The van der Waals surface area contributed by atoms with Crippen molar-refractivity contribution in [3.8, 4) is 5.75 Å². The summed E-state index contributed by atoms with van der Waals surface area (Å²) in [6.07, 6.45) is 4.53. The van der Waals surface area contributed by atoms with Crippen LogP contribution in [0.25, 0.3) is 0 Å². The summed E-state index contributed by atoms with van der Waals surface area (Å²) < 4.78 is 22.2. The van der Waals surface area contributed by atoms with Crippen molar-refractivity contribution < 1.29 is 9.13 Å². The number of aromatic nitrogens is 4. The van der Waals surface area contributed by atoms with Gasteiger partial charge in [0.25, 0.3) is 0 Å². The number of nitrogens with zero attached hydrogens (tertiary/aromatic N) is 6. The Hall–Kier alpha value is -3.00. The van der Waals surface area contributed by atoms with Crippen LogP contribution in [0, 0.1) is 5.82 Å². The Morgan fingerprint density at radius 2 is 1.69 bits per heavy atom. The lowest BCUT2D eigenvalue weighted by atomic mass is 10.0. The zero-order valence-electron chi connectivity index (χ0n) is 18.4. The summed E-state index contributed by atoms with van der Waals surface area (Å²) in [4.78, 5) is 4.67. The van der Waals surface area contributed by atoms with Gasteiger partial charge in [0.15, 0.2) is 5.82 Å². The molecule has 1 aromatic heterocycles. The van der Waals surface area contributed by atoms with Gasteiger partial charge in [0.05, 0.1) is 13.2 Å². The molecular formula is C24H29FN6O. The van der Waals surface area contributed by atoms with Crippen LogP contribution in [0.4, 0.5) is 10.1 Å². The molecule has 2 aliphatic rings. The highest BCUT2D eigenvalue weighted by Gasteiger charge is 2.34. The molecule has 1 aliphatic heterocycles. The molecule has 8 heteroatoms. The molecule has 7 nitrogen and oxygen atoms in total. The summed E-state index contributed by atoms with van der Waals surface area (Å²) in [5, 5.41) is 12.8. The SMILES string of the molecule is COc1ccc(N2CCN(C(c3ccccc3F)c3nnnn3C3CCCC3)CC2)cc1. The average Bonchev–Trinajstić information content (AvgIpc) is 3.53. The molecule has 2 heterocycles. The predicted octanol–water partition coefficient (Wildman–Crippen LogP) is 3.85. The maximum Gasteiger partial charge on any atom is 0.173 e. The molecule has 0 bridgehead atoms. The average molecular weight is 437 g/mol. The first-order chi connectivity index (χ1) is 15.7. The molecule has 1 saturated heterocycles. The quantitative estimate of drug-likeness (QED) is 0.585. The highest BCUT2D eigenvalue weighted by atomic mass is 19.1. The van der Waals surface area contributed by atoms with Crippen molar-refractivity contribution in [3.63, 3.8) is 0 Å². The minimum Gasteiger partial charge on any atom is -0.497 e. The molecule has 1 aliphatic carbocycles. The van der Waals surface area contributed by atoms with Crippen LogP contribution < -0.4 is 9.64 Å². The maximum atomic E-state index is 15.0. The van der Waals surface area contributed by atoms with Crippen LogP contribution in [0.1, 0.15) is 49.2 Å². The monoisotopic (exact) mass is 436 g/mol. The van der Waals surface area contributed by atoms with Gasteiger partial charge in [-0.2, -0.15) is 0 Å². The van der Waals surface area contributed by atoms with Crippen molar-refractivity contribution in [2.24, 2.45) is 0 Å². The minimum absolute atomic E-state index is 0.212. The van der Waals surface area contributed by atoms with E-state index < -0.39 is 0 Å². The molecule has 2 fully saturated rings. The number of anilines is 1. The van der Waals surface area contributed by atoms with Gasteiger partial charge >= 0.3 is 0 Å². The van der Waals surface area contributed by atoms with E-state index in [4.69, 9.17) is 4.74 Å². The first-order valence-electron chi connectivity index (χ1n) is 11.4. The summed E-state index contributed by atoms with van der Waals surface area (Å²) >= 11 is 0. The molecule has 1 atom stereocenters. The molecule has 1 unspecified atom stereocenters. The predicted molar refractivity (Wildman–Crippen MR) is 120 cm³/mol. The first-order valence-corrected chi connectivity index (χ1v) is 11.4. The molecule has 0 N–H and O–H groups in total. The summed E-state index contributed by atoms with van der Waals surface area (Å²) in [6, 6.07) is 15.2. The Kier molecular flexibility index (Phi) is 6.03. The number of benzene rings is 2. The molecule has 1 saturated carbocycles. The highest BCUT2D eigenvalue weighted by Crippen LogP contribution is 2.35. The van der Waals surface area contributed by atoms with Crippen molar-refractivity contribution in [1.82, 2.24) is 25.1 Å². The third-order valence-electron chi connectivity index (χ3n) is 6.75. The molecule has 3 aromatic rings. The third kappa shape index (κ3) is 4.07. The van der Waals surface area contributed by atoms with E-state index in [-0.39, 0.29) is 11.9 Å². The van der Waals surface area contributed by atoms with Crippen molar-refractivity contribution in [1.29, 1.82) is 0 Å². The lowest BCUT2D eigenvalue weighted by Gasteiger charge is -2.40. The molecule has 0 radical (unpaired) electrons. The van der Waals surface area contributed by atoms with E-state index in [1.807, 2.05) is 28.9 Å². The number of tetrazole rings is 1. The molecule has 168 valence electrons. The second kappa shape index (κ2) is 9.24. The Balaban J connectivity index is 1.41. The Bertz CT molecular complexity index is 1020. The fourth-order valence-corrected chi connectivity index (χ4v) is 5.02. The van der Waals surface area contributed by atoms with Gasteiger partial charge in [-0.3, -0.25) is 4.90 Å². The van der Waals surface area contributed by atoms with E-state index in [1.165, 1.54) is 24.6 Å². The van der Waals surface area contributed by atoms with Crippen molar-refractivity contribution >= 4 is 5.69 Å². The number of hydrogen-bond donors (Lipinski definition) is 0. The van der Waals surface area contributed by atoms with Crippen molar-refractivity contribution in [2.45, 2.75) is 37.8 Å². The topological polar surface area (TPSA) is 59.3 Å². The van der Waals surface area contributed by atoms with E-state index in [9.17, 15) is 4.39 Å². The van der Waals surface area contributed by atoms with Gasteiger partial charge in [-0.15, -0.1) is 5.10 Å². The van der Waals surface area contributed by atoms with Crippen LogP contribution in [0.5, 0.6) is 5.75 Å². The summed E-state index contributed by atoms with van der Waals surface area (Å²) in [7, 11) is 1.68. The maximum absolute atomic E-state index is 15.0. The molecular weight excluding hydrogens is 407 g/mol. The molecule has 2 aromatic carbocycles. The van der Waals surface area contributed by atoms with E-state index in [0.717, 1.165) is 50.6 Å². The number of rotatable bonds is 6. The smallest absolute Gasteiger partial charge is 0.173 e. The Morgan fingerprint density at radius 1 is 0.969 bits per heavy atom. The molecule has 32 heavy (non-hydrogen) atoms. The van der Waals surface area contributed by atoms with Crippen LogP contribution in [0.15, 0.2) is 48.5 Å². The minimum atomic E-state index is -0.301.